The summed E-state index contributed by atoms with van der Waals surface area (Å²) in [4.78, 5) is 0. The SMILES string of the molecule is CC1(C(F)(OCC(C(F)(C(F)(F)F)C(F)(F)F)C(F)(C(F)(F)F)C(F)(F)F)C(F)(F)F)COC1. The van der Waals surface area contributed by atoms with Gasteiger partial charge in [-0.2, -0.15) is 65.9 Å². The zero-order chi connectivity index (χ0) is 27.6. The van der Waals surface area contributed by atoms with Crippen LogP contribution in [0, 0.1) is 11.3 Å². The van der Waals surface area contributed by atoms with Crippen molar-refractivity contribution in [3.05, 3.63) is 0 Å². The van der Waals surface area contributed by atoms with Crippen LogP contribution in [0.4, 0.5) is 79.0 Å². The first-order chi connectivity index (χ1) is 14.5. The predicted octanol–water partition coefficient (Wildman–Crippen LogP) is 6.55. The Morgan fingerprint density at radius 3 is 1.06 bits per heavy atom. The Morgan fingerprint density at radius 1 is 0.588 bits per heavy atom. The van der Waals surface area contributed by atoms with Crippen molar-refractivity contribution >= 4 is 0 Å². The van der Waals surface area contributed by atoms with Gasteiger partial charge in [0, 0.05) is 0 Å². The van der Waals surface area contributed by atoms with E-state index in [1.807, 2.05) is 0 Å². The zero-order valence-corrected chi connectivity index (χ0v) is 15.8. The van der Waals surface area contributed by atoms with E-state index in [0.29, 0.717) is 0 Å². The van der Waals surface area contributed by atoms with Crippen molar-refractivity contribution in [1.29, 1.82) is 0 Å². The normalized spacial score (nSPS) is 20.8. The Morgan fingerprint density at radius 2 is 0.882 bits per heavy atom. The minimum atomic E-state index is -7.84. The van der Waals surface area contributed by atoms with Gasteiger partial charge in [0.05, 0.1) is 31.2 Å². The molecule has 0 aromatic rings. The van der Waals surface area contributed by atoms with Gasteiger partial charge in [-0.05, 0) is 6.92 Å². The molecule has 1 fully saturated rings. The second kappa shape index (κ2) is 8.09. The van der Waals surface area contributed by atoms with Crippen molar-refractivity contribution < 1.29 is 88.5 Å². The standard InChI is InChI=1S/C14H10F18O2/c1-6(3-33-4-6)9(17,14(30,31)32)34-2-5(7(15,10(18,19)20)11(21,22)23)8(16,12(24,25)26)13(27,28)29/h5H,2-4H2,1H3. The molecule has 20 heteroatoms. The third kappa shape index (κ3) is 4.36. The lowest BCUT2D eigenvalue weighted by molar-refractivity contribution is -0.441. The Labute approximate surface area is 176 Å². The quantitative estimate of drug-likeness (QED) is 0.348. The van der Waals surface area contributed by atoms with E-state index in [1.54, 1.807) is 0 Å². The minimum Gasteiger partial charge on any atom is -0.380 e. The third-order valence-corrected chi connectivity index (χ3v) is 5.04. The molecule has 1 aliphatic rings. The maximum atomic E-state index is 14.7. The Balaban J connectivity index is 3.90. The summed E-state index contributed by atoms with van der Waals surface area (Å²) in [6.07, 6.45) is -37.9. The van der Waals surface area contributed by atoms with Crippen LogP contribution in [0.3, 0.4) is 0 Å². The number of hydrogen-bond acceptors (Lipinski definition) is 2. The van der Waals surface area contributed by atoms with Gasteiger partial charge < -0.3 is 9.47 Å². The average Bonchev–Trinajstić information content (AvgIpc) is 2.53. The molecule has 204 valence electrons. The molecular weight excluding hydrogens is 542 g/mol. The first-order valence-electron chi connectivity index (χ1n) is 8.16. The highest BCUT2D eigenvalue weighted by atomic mass is 19.4. The lowest BCUT2D eigenvalue weighted by Gasteiger charge is -2.50. The lowest BCUT2D eigenvalue weighted by Crippen LogP contribution is -2.72. The molecule has 0 bridgehead atoms. The van der Waals surface area contributed by atoms with Gasteiger partial charge in [0.15, 0.2) is 0 Å². The van der Waals surface area contributed by atoms with E-state index in [2.05, 4.69) is 9.47 Å². The summed E-state index contributed by atoms with van der Waals surface area (Å²) in [5.41, 5.74) is -18.8. The molecule has 0 aliphatic carbocycles. The molecule has 0 spiro atoms. The van der Waals surface area contributed by atoms with Crippen molar-refractivity contribution in [2.24, 2.45) is 11.3 Å². The van der Waals surface area contributed by atoms with Crippen LogP contribution in [0.25, 0.3) is 0 Å². The smallest absolute Gasteiger partial charge is 0.380 e. The number of alkyl halides is 18. The van der Waals surface area contributed by atoms with Crippen LogP contribution >= 0.6 is 0 Å². The summed E-state index contributed by atoms with van der Waals surface area (Å²) in [6, 6.07) is 0. The Bertz CT molecular complexity index is 657. The monoisotopic (exact) mass is 552 g/mol. The minimum absolute atomic E-state index is 0.186. The molecule has 1 unspecified atom stereocenters. The fourth-order valence-corrected chi connectivity index (χ4v) is 3.01. The van der Waals surface area contributed by atoms with Crippen molar-refractivity contribution in [3.63, 3.8) is 0 Å². The molecule has 0 saturated carbocycles. The van der Waals surface area contributed by atoms with Crippen LogP contribution in [0.1, 0.15) is 6.92 Å². The molecule has 1 saturated heterocycles. The van der Waals surface area contributed by atoms with Crippen LogP contribution < -0.4 is 0 Å². The van der Waals surface area contributed by atoms with Crippen LogP contribution in [-0.2, 0) is 9.47 Å². The largest absolute Gasteiger partial charge is 0.449 e. The predicted molar refractivity (Wildman–Crippen MR) is 70.2 cm³/mol. The van der Waals surface area contributed by atoms with E-state index in [1.165, 1.54) is 0 Å². The molecule has 0 aromatic carbocycles. The molecule has 0 aromatic heterocycles. The Kier molecular flexibility index (Phi) is 7.30. The number of ether oxygens (including phenoxy) is 2. The summed E-state index contributed by atoms with van der Waals surface area (Å²) in [6.45, 7) is -6.58. The number of halogens is 18. The van der Waals surface area contributed by atoms with Gasteiger partial charge in [0.25, 0.3) is 0 Å². The van der Waals surface area contributed by atoms with Crippen molar-refractivity contribution in [1.82, 2.24) is 0 Å². The molecule has 1 aliphatic heterocycles. The van der Waals surface area contributed by atoms with E-state index in [-0.39, 0.29) is 6.92 Å². The second-order valence-electron chi connectivity index (χ2n) is 7.42. The molecule has 1 heterocycles. The van der Waals surface area contributed by atoms with E-state index >= 15 is 0 Å². The van der Waals surface area contributed by atoms with E-state index < -0.39 is 79.2 Å². The molecule has 0 amide bonds. The zero-order valence-electron chi connectivity index (χ0n) is 15.8. The fourth-order valence-electron chi connectivity index (χ4n) is 3.01. The molecule has 1 rings (SSSR count). The van der Waals surface area contributed by atoms with Crippen molar-refractivity contribution in [2.75, 3.05) is 19.8 Å². The average molecular weight is 552 g/mol. The summed E-state index contributed by atoms with van der Waals surface area (Å²) < 4.78 is 245. The van der Waals surface area contributed by atoms with Gasteiger partial charge in [-0.15, -0.1) is 0 Å². The number of hydrogen-bond donors (Lipinski definition) is 0. The van der Waals surface area contributed by atoms with Crippen LogP contribution in [0.2, 0.25) is 0 Å². The van der Waals surface area contributed by atoms with E-state index in [0.717, 1.165) is 0 Å². The van der Waals surface area contributed by atoms with E-state index in [9.17, 15) is 79.0 Å². The summed E-state index contributed by atoms with van der Waals surface area (Å²) in [5.74, 6) is -11.8. The van der Waals surface area contributed by atoms with Crippen molar-refractivity contribution in [2.45, 2.75) is 55.0 Å². The first-order valence-corrected chi connectivity index (χ1v) is 8.16. The van der Waals surface area contributed by atoms with Crippen LogP contribution in [0.15, 0.2) is 0 Å². The van der Waals surface area contributed by atoms with Gasteiger partial charge >= 0.3 is 48.1 Å². The van der Waals surface area contributed by atoms with Gasteiger partial charge in [0.2, 0.25) is 0 Å². The second-order valence-corrected chi connectivity index (χ2v) is 7.42. The molecular formula is C14H10F18O2. The summed E-state index contributed by atoms with van der Waals surface area (Å²) >= 11 is 0. The van der Waals surface area contributed by atoms with Crippen LogP contribution in [-0.4, -0.2) is 67.9 Å². The summed E-state index contributed by atoms with van der Waals surface area (Å²) in [5, 5.41) is 0. The number of rotatable bonds is 6. The lowest BCUT2D eigenvalue weighted by atomic mass is 9.74. The molecule has 0 N–H and O–H groups in total. The molecule has 1 atom stereocenters. The first kappa shape index (κ1) is 30.7. The highest BCUT2D eigenvalue weighted by Crippen LogP contribution is 2.62. The Hall–Kier alpha value is -1.34. The fraction of sp³-hybridized carbons (Fsp3) is 1.00. The molecule has 0 radical (unpaired) electrons. The van der Waals surface area contributed by atoms with Crippen molar-refractivity contribution in [3.8, 4) is 0 Å². The molecule has 2 nitrogen and oxygen atoms in total. The highest BCUT2D eigenvalue weighted by molar-refractivity contribution is 5.13. The van der Waals surface area contributed by atoms with E-state index in [4.69, 9.17) is 0 Å². The van der Waals surface area contributed by atoms with Gasteiger partial charge in [-0.3, -0.25) is 0 Å². The summed E-state index contributed by atoms with van der Waals surface area (Å²) in [7, 11) is 0. The van der Waals surface area contributed by atoms with Gasteiger partial charge in [-0.25, -0.2) is 13.2 Å². The van der Waals surface area contributed by atoms with Gasteiger partial charge in [-0.1, -0.05) is 0 Å². The maximum Gasteiger partial charge on any atom is 0.449 e. The third-order valence-electron chi connectivity index (χ3n) is 5.04. The maximum absolute atomic E-state index is 14.7. The molecule has 34 heavy (non-hydrogen) atoms. The van der Waals surface area contributed by atoms with Gasteiger partial charge in [0.1, 0.15) is 0 Å². The topological polar surface area (TPSA) is 18.5 Å². The highest BCUT2D eigenvalue weighted by Gasteiger charge is 2.88. The van der Waals surface area contributed by atoms with Crippen LogP contribution in [0.5, 0.6) is 0 Å².